The summed E-state index contributed by atoms with van der Waals surface area (Å²) >= 11 is 0. The van der Waals surface area contributed by atoms with E-state index in [9.17, 15) is 0 Å². The maximum absolute atomic E-state index is 5.19. The molecule has 10 heterocycles. The van der Waals surface area contributed by atoms with Gasteiger partial charge in [0, 0.05) is 124 Å². The van der Waals surface area contributed by atoms with Crippen molar-refractivity contribution < 1.29 is 0 Å². The van der Waals surface area contributed by atoms with Crippen LogP contribution in [0.3, 0.4) is 0 Å². The van der Waals surface area contributed by atoms with Crippen molar-refractivity contribution in [2.75, 3.05) is 0 Å². The topological polar surface area (TPSA) is 168 Å². The zero-order valence-corrected chi connectivity index (χ0v) is 62.2. The molecule has 0 saturated carbocycles. The molecule has 13 nitrogen and oxygen atoms in total. The Labute approximate surface area is 665 Å². The molecule has 0 aliphatic carbocycles. The molecule has 10 aromatic heterocycles. The standard InChI is InChI=1S/C52H32N6.C51H31N7/c1-3-9-33(10-4-1)48-32-49(58-52(57-48)37-11-5-2-6-12-37)35-17-15-34(16-18-35)44-25-23-40-29-38(22-24-45(40)55-44)39-20-19-36-21-26-46(56-47(36)31-39)43-30-41-13-7-27-53-50(41)51-42(43)14-8-28-54-51;1-3-9-34(10-4-1)49-56-50(35-11-5-2-6-12-35)58-51(57-49)36-18-15-32(16-19-36)43-25-23-39-29-37(22-24-44(39)54-43)38-20-17-33-21-26-45(55-46(33)31-38)42-30-40-13-7-27-52-47(40)48-41(42)14-8-28-53-48/h1-32H;1-31H. The first-order valence-electron chi connectivity index (χ1n) is 38.4. The average molecular weight is 1480 g/mol. The second-order valence-electron chi connectivity index (χ2n) is 28.6. The molecule has 0 aliphatic rings. The van der Waals surface area contributed by atoms with Crippen molar-refractivity contribution in [3.05, 3.63) is 383 Å². The van der Waals surface area contributed by atoms with Gasteiger partial charge in [-0.05, 0) is 125 Å². The molecule has 0 bridgehead atoms. The molecule has 0 N–H and O–H groups in total. The van der Waals surface area contributed by atoms with Crippen molar-refractivity contribution in [1.29, 1.82) is 0 Å². The highest BCUT2D eigenvalue weighted by atomic mass is 15.0. The van der Waals surface area contributed by atoms with Crippen LogP contribution in [0.1, 0.15) is 0 Å². The Morgan fingerprint density at radius 2 is 0.448 bits per heavy atom. The predicted molar refractivity (Wildman–Crippen MR) is 469 cm³/mol. The van der Waals surface area contributed by atoms with Crippen LogP contribution >= 0.6 is 0 Å². The first kappa shape index (κ1) is 68.1. The molecule has 22 rings (SSSR count). The average Bonchev–Trinajstić information content (AvgIpc) is 0.760. The van der Waals surface area contributed by atoms with Gasteiger partial charge in [0.1, 0.15) is 0 Å². The number of pyridine rings is 8. The molecule has 0 amide bonds. The molecule has 0 fully saturated rings. The highest BCUT2D eigenvalue weighted by molar-refractivity contribution is 6.11. The minimum Gasteiger partial charge on any atom is -0.254 e. The van der Waals surface area contributed by atoms with Crippen molar-refractivity contribution in [2.45, 2.75) is 0 Å². The fraction of sp³-hybridized carbons (Fsp3) is 0. The second kappa shape index (κ2) is 29.4. The number of hydrogen-bond donors (Lipinski definition) is 0. The lowest BCUT2D eigenvalue weighted by Gasteiger charge is -2.11. The summed E-state index contributed by atoms with van der Waals surface area (Å²) in [7, 11) is 0. The molecule has 0 saturated heterocycles. The summed E-state index contributed by atoms with van der Waals surface area (Å²) in [6, 6.07) is 123. The van der Waals surface area contributed by atoms with Gasteiger partial charge in [0.25, 0.3) is 0 Å². The van der Waals surface area contributed by atoms with Gasteiger partial charge >= 0.3 is 0 Å². The number of fused-ring (bicyclic) bond motifs is 10. The van der Waals surface area contributed by atoms with Crippen LogP contribution < -0.4 is 0 Å². The van der Waals surface area contributed by atoms with Gasteiger partial charge in [-0.15, -0.1) is 0 Å². The third-order valence-corrected chi connectivity index (χ3v) is 21.3. The monoisotopic (exact) mass is 1480 g/mol. The Hall–Kier alpha value is -16.0. The van der Waals surface area contributed by atoms with Gasteiger partial charge in [-0.3, -0.25) is 19.9 Å². The highest BCUT2D eigenvalue weighted by Gasteiger charge is 2.19. The van der Waals surface area contributed by atoms with Crippen LogP contribution in [0, 0.1) is 0 Å². The Morgan fingerprint density at radius 3 is 0.879 bits per heavy atom. The van der Waals surface area contributed by atoms with Crippen LogP contribution in [0.4, 0.5) is 0 Å². The molecule has 13 heteroatoms. The van der Waals surface area contributed by atoms with Crippen LogP contribution in [0.2, 0.25) is 0 Å². The molecular formula is C103H63N13. The zero-order valence-electron chi connectivity index (χ0n) is 62.2. The lowest BCUT2D eigenvalue weighted by molar-refractivity contribution is 1.07. The van der Waals surface area contributed by atoms with Crippen LogP contribution in [0.5, 0.6) is 0 Å². The molecule has 0 aliphatic heterocycles. The first-order chi connectivity index (χ1) is 57.4. The van der Waals surface area contributed by atoms with E-state index in [0.717, 1.165) is 199 Å². The maximum Gasteiger partial charge on any atom is 0.164 e. The van der Waals surface area contributed by atoms with E-state index in [-0.39, 0.29) is 0 Å². The van der Waals surface area contributed by atoms with E-state index < -0.39 is 0 Å². The van der Waals surface area contributed by atoms with Crippen molar-refractivity contribution in [2.24, 2.45) is 0 Å². The molecule has 116 heavy (non-hydrogen) atoms. The summed E-state index contributed by atoms with van der Waals surface area (Å²) in [5, 5.41) is 8.46. The second-order valence-corrected chi connectivity index (χ2v) is 28.6. The molecule has 540 valence electrons. The predicted octanol–water partition coefficient (Wildman–Crippen LogP) is 24.7. The Morgan fingerprint density at radius 1 is 0.147 bits per heavy atom. The van der Waals surface area contributed by atoms with E-state index in [1.54, 1.807) is 0 Å². The van der Waals surface area contributed by atoms with Gasteiger partial charge < -0.3 is 0 Å². The van der Waals surface area contributed by atoms with Gasteiger partial charge in [0.05, 0.1) is 78.3 Å². The lowest BCUT2D eigenvalue weighted by Crippen LogP contribution is -2.00. The maximum atomic E-state index is 5.19. The Bertz CT molecular complexity index is 7000. The molecule has 0 unspecified atom stereocenters. The van der Waals surface area contributed by atoms with E-state index in [0.29, 0.717) is 23.3 Å². The number of hydrogen-bond acceptors (Lipinski definition) is 13. The SMILES string of the molecule is c1ccc(-c2cc(-c3ccc(-c4ccc5cc(-c6ccc7ccc(-c8cc9cccnc9c9ncccc89)nc7c6)ccc5n4)cc3)nc(-c3ccccc3)n2)cc1.c1ccc(-c2nc(-c3ccccc3)nc(-c3ccc(-c4ccc5cc(-c6ccc7ccc(-c8cc9cccnc9c9ncccc89)nc7c6)ccc5n4)cc3)n2)cc1. The summed E-state index contributed by atoms with van der Waals surface area (Å²) in [6.07, 6.45) is 7.27. The van der Waals surface area contributed by atoms with Crippen molar-refractivity contribution in [3.8, 4) is 135 Å². The minimum atomic E-state index is 0.621. The molecule has 0 radical (unpaired) electrons. The summed E-state index contributed by atoms with van der Waals surface area (Å²) < 4.78 is 0. The van der Waals surface area contributed by atoms with E-state index >= 15 is 0 Å². The molecule has 0 atom stereocenters. The minimum absolute atomic E-state index is 0.621. The quantitative estimate of drug-likeness (QED) is 0.106. The van der Waals surface area contributed by atoms with Crippen molar-refractivity contribution >= 4 is 87.2 Å². The van der Waals surface area contributed by atoms with E-state index in [1.807, 2.05) is 158 Å². The van der Waals surface area contributed by atoms with E-state index in [1.165, 1.54) is 0 Å². The molecule has 0 spiro atoms. The van der Waals surface area contributed by atoms with Gasteiger partial charge in [-0.1, -0.05) is 255 Å². The normalized spacial score (nSPS) is 11.4. The molecular weight excluding hydrogens is 1420 g/mol. The smallest absolute Gasteiger partial charge is 0.164 e. The van der Waals surface area contributed by atoms with E-state index in [2.05, 4.69) is 234 Å². The fourth-order valence-corrected chi connectivity index (χ4v) is 15.4. The van der Waals surface area contributed by atoms with Gasteiger partial charge in [-0.2, -0.15) is 0 Å². The van der Waals surface area contributed by atoms with Crippen LogP contribution in [-0.2, 0) is 0 Å². The molecule has 12 aromatic carbocycles. The van der Waals surface area contributed by atoms with Gasteiger partial charge in [0.2, 0.25) is 0 Å². The number of rotatable bonds is 12. The van der Waals surface area contributed by atoms with Gasteiger partial charge in [0.15, 0.2) is 23.3 Å². The van der Waals surface area contributed by atoms with Crippen LogP contribution in [0.25, 0.3) is 223 Å². The third-order valence-electron chi connectivity index (χ3n) is 21.3. The van der Waals surface area contributed by atoms with E-state index in [4.69, 9.17) is 54.8 Å². The summed E-state index contributed by atoms with van der Waals surface area (Å²) in [5.74, 6) is 2.60. The number of aromatic nitrogens is 13. The number of nitrogens with zero attached hydrogens (tertiary/aromatic N) is 13. The van der Waals surface area contributed by atoms with Crippen LogP contribution in [0.15, 0.2) is 383 Å². The van der Waals surface area contributed by atoms with Crippen LogP contribution in [-0.4, -0.2) is 64.8 Å². The largest absolute Gasteiger partial charge is 0.254 e. The summed E-state index contributed by atoms with van der Waals surface area (Å²) in [4.78, 5) is 63.7. The highest BCUT2D eigenvalue weighted by Crippen LogP contribution is 2.39. The summed E-state index contributed by atoms with van der Waals surface area (Å²) in [5.41, 5.74) is 27.1. The Kier molecular flexibility index (Phi) is 17.2. The Balaban J connectivity index is 0.000000145. The van der Waals surface area contributed by atoms with Crippen molar-refractivity contribution in [3.63, 3.8) is 0 Å². The number of benzene rings is 12. The lowest BCUT2D eigenvalue weighted by atomic mass is 9.99. The van der Waals surface area contributed by atoms with Gasteiger partial charge in [-0.25, -0.2) is 44.9 Å². The summed E-state index contributed by atoms with van der Waals surface area (Å²) in [6.45, 7) is 0. The fourth-order valence-electron chi connectivity index (χ4n) is 15.4. The molecule has 22 aromatic rings. The van der Waals surface area contributed by atoms with Crippen molar-refractivity contribution in [1.82, 2.24) is 64.8 Å². The first-order valence-corrected chi connectivity index (χ1v) is 38.4. The third kappa shape index (κ3) is 13.2. The zero-order chi connectivity index (χ0) is 76.8.